The van der Waals surface area contributed by atoms with Gasteiger partial charge in [0.2, 0.25) is 0 Å². The largest absolute Gasteiger partial charge is 0.306 e. The van der Waals surface area contributed by atoms with Crippen molar-refractivity contribution >= 4 is 32.1 Å². The summed E-state index contributed by atoms with van der Waals surface area (Å²) in [7, 11) is 0. The van der Waals surface area contributed by atoms with E-state index in [1.807, 2.05) is 22.7 Å². The summed E-state index contributed by atoms with van der Waals surface area (Å²) < 4.78 is 2.80. The highest BCUT2D eigenvalue weighted by atomic mass is 32.1. The molecule has 104 valence electrons. The summed E-state index contributed by atoms with van der Waals surface area (Å²) >= 11 is 3.74. The molecular formula is C17H19NS2. The lowest BCUT2D eigenvalue weighted by molar-refractivity contribution is 0.636. The smallest absolute Gasteiger partial charge is 0.0674 e. The van der Waals surface area contributed by atoms with Crippen LogP contribution in [0.5, 0.6) is 0 Å². The lowest BCUT2D eigenvalue weighted by atomic mass is 9.98. The molecule has 0 spiro atoms. The summed E-state index contributed by atoms with van der Waals surface area (Å²) in [6, 6.07) is 11.6. The second-order valence-corrected chi connectivity index (χ2v) is 7.21. The molecule has 0 amide bonds. The number of rotatable bonds is 4. The van der Waals surface area contributed by atoms with E-state index in [4.69, 9.17) is 0 Å². The number of nitrogens with one attached hydrogen (secondary N) is 1. The lowest BCUT2D eigenvalue weighted by Gasteiger charge is -2.19. The summed E-state index contributed by atoms with van der Waals surface area (Å²) in [6.07, 6.45) is 0. The monoisotopic (exact) mass is 301 g/mol. The Morgan fingerprint density at radius 1 is 1.10 bits per heavy atom. The van der Waals surface area contributed by atoms with E-state index in [9.17, 15) is 0 Å². The molecule has 3 heteroatoms. The summed E-state index contributed by atoms with van der Waals surface area (Å²) in [5.41, 5.74) is 4.09. The minimum absolute atomic E-state index is 0.310. The fourth-order valence-electron chi connectivity index (χ4n) is 2.57. The minimum Gasteiger partial charge on any atom is -0.306 e. The first-order valence-corrected chi connectivity index (χ1v) is 8.66. The van der Waals surface area contributed by atoms with E-state index in [0.29, 0.717) is 6.04 Å². The fraction of sp³-hybridized carbons (Fsp3) is 0.294. The molecule has 0 aliphatic carbocycles. The molecule has 0 radical (unpaired) electrons. The van der Waals surface area contributed by atoms with Gasteiger partial charge in [-0.3, -0.25) is 0 Å². The van der Waals surface area contributed by atoms with Crippen LogP contribution in [0.4, 0.5) is 0 Å². The Morgan fingerprint density at radius 3 is 2.70 bits per heavy atom. The van der Waals surface area contributed by atoms with Crippen molar-refractivity contribution in [3.05, 3.63) is 57.3 Å². The van der Waals surface area contributed by atoms with Crippen LogP contribution in [0.15, 0.2) is 35.7 Å². The van der Waals surface area contributed by atoms with Gasteiger partial charge in [-0.15, -0.1) is 22.7 Å². The lowest BCUT2D eigenvalue weighted by Crippen LogP contribution is -2.22. The Hall–Kier alpha value is -1.16. The van der Waals surface area contributed by atoms with Crippen LogP contribution in [0.3, 0.4) is 0 Å². The minimum atomic E-state index is 0.310. The zero-order valence-electron chi connectivity index (χ0n) is 12.1. The van der Waals surface area contributed by atoms with Crippen LogP contribution in [0.25, 0.3) is 9.40 Å². The van der Waals surface area contributed by atoms with Crippen LogP contribution in [0, 0.1) is 13.8 Å². The van der Waals surface area contributed by atoms with Crippen molar-refractivity contribution in [3.63, 3.8) is 0 Å². The topological polar surface area (TPSA) is 12.0 Å². The molecule has 1 N–H and O–H groups in total. The number of aryl methyl sites for hydroxylation is 2. The van der Waals surface area contributed by atoms with Crippen LogP contribution in [0.2, 0.25) is 0 Å². The van der Waals surface area contributed by atoms with E-state index in [0.717, 1.165) is 6.54 Å². The van der Waals surface area contributed by atoms with E-state index in [1.54, 1.807) is 0 Å². The molecule has 0 fully saturated rings. The highest BCUT2D eigenvalue weighted by molar-refractivity contribution is 7.27. The molecule has 2 heterocycles. The van der Waals surface area contributed by atoms with E-state index >= 15 is 0 Å². The molecule has 1 nitrogen and oxygen atoms in total. The molecule has 1 unspecified atom stereocenters. The van der Waals surface area contributed by atoms with Gasteiger partial charge in [-0.25, -0.2) is 0 Å². The summed E-state index contributed by atoms with van der Waals surface area (Å²) in [5.74, 6) is 0. The van der Waals surface area contributed by atoms with Crippen molar-refractivity contribution in [2.75, 3.05) is 6.54 Å². The van der Waals surface area contributed by atoms with Crippen LogP contribution >= 0.6 is 22.7 Å². The molecule has 0 bridgehead atoms. The number of hydrogen-bond acceptors (Lipinski definition) is 3. The third-order valence-electron chi connectivity index (χ3n) is 3.60. The van der Waals surface area contributed by atoms with Crippen LogP contribution in [-0.4, -0.2) is 6.54 Å². The van der Waals surface area contributed by atoms with Crippen LogP contribution in [0.1, 0.15) is 34.5 Å². The van der Waals surface area contributed by atoms with Gasteiger partial charge in [0.05, 0.1) is 6.04 Å². The van der Waals surface area contributed by atoms with Gasteiger partial charge in [0, 0.05) is 14.3 Å². The van der Waals surface area contributed by atoms with Gasteiger partial charge in [-0.05, 0) is 49.0 Å². The Balaban J connectivity index is 2.08. The second-order valence-electron chi connectivity index (χ2n) is 5.15. The predicted octanol–water partition coefficient (Wildman–Crippen LogP) is 5.28. The van der Waals surface area contributed by atoms with E-state index < -0.39 is 0 Å². The van der Waals surface area contributed by atoms with Crippen molar-refractivity contribution in [3.8, 4) is 0 Å². The van der Waals surface area contributed by atoms with Crippen molar-refractivity contribution in [2.24, 2.45) is 0 Å². The Bertz CT molecular complexity index is 695. The Kier molecular flexibility index (Phi) is 3.92. The number of thiophene rings is 2. The average molecular weight is 301 g/mol. The van der Waals surface area contributed by atoms with Gasteiger partial charge >= 0.3 is 0 Å². The molecule has 0 aliphatic heterocycles. The molecule has 1 aromatic carbocycles. The van der Waals surface area contributed by atoms with Crippen molar-refractivity contribution in [1.82, 2.24) is 5.32 Å². The molecule has 0 saturated carbocycles. The molecule has 0 saturated heterocycles. The van der Waals surface area contributed by atoms with Gasteiger partial charge in [-0.1, -0.05) is 30.7 Å². The second kappa shape index (κ2) is 5.68. The first kappa shape index (κ1) is 13.8. The normalized spacial score (nSPS) is 12.9. The van der Waals surface area contributed by atoms with Gasteiger partial charge in [0.15, 0.2) is 0 Å². The maximum absolute atomic E-state index is 3.65. The quantitative estimate of drug-likeness (QED) is 0.691. The number of benzene rings is 1. The summed E-state index contributed by atoms with van der Waals surface area (Å²) in [5, 5.41) is 5.82. The molecular weight excluding hydrogens is 282 g/mol. The molecule has 2 aromatic heterocycles. The zero-order valence-corrected chi connectivity index (χ0v) is 13.7. The maximum Gasteiger partial charge on any atom is 0.0674 e. The predicted molar refractivity (Wildman–Crippen MR) is 91.1 cm³/mol. The highest BCUT2D eigenvalue weighted by Crippen LogP contribution is 2.36. The van der Waals surface area contributed by atoms with Gasteiger partial charge in [0.1, 0.15) is 0 Å². The SMILES string of the molecule is CCNC(c1cc2sccc2s1)c1cc(C)ccc1C. The van der Waals surface area contributed by atoms with Gasteiger partial charge < -0.3 is 5.32 Å². The Morgan fingerprint density at radius 2 is 1.95 bits per heavy atom. The van der Waals surface area contributed by atoms with Crippen molar-refractivity contribution in [2.45, 2.75) is 26.8 Å². The highest BCUT2D eigenvalue weighted by Gasteiger charge is 2.18. The van der Waals surface area contributed by atoms with E-state index in [2.05, 4.69) is 61.8 Å². The van der Waals surface area contributed by atoms with Crippen LogP contribution < -0.4 is 5.32 Å². The summed E-state index contributed by atoms with van der Waals surface area (Å²) in [4.78, 5) is 1.42. The maximum atomic E-state index is 3.65. The molecule has 3 aromatic rings. The van der Waals surface area contributed by atoms with E-state index in [1.165, 1.54) is 31.0 Å². The Labute approximate surface area is 128 Å². The van der Waals surface area contributed by atoms with Gasteiger partial charge in [0.25, 0.3) is 0 Å². The van der Waals surface area contributed by atoms with E-state index in [-0.39, 0.29) is 0 Å². The number of hydrogen-bond donors (Lipinski definition) is 1. The number of fused-ring (bicyclic) bond motifs is 1. The average Bonchev–Trinajstić information content (AvgIpc) is 3.00. The first-order valence-electron chi connectivity index (χ1n) is 6.96. The zero-order chi connectivity index (χ0) is 14.1. The molecule has 20 heavy (non-hydrogen) atoms. The third kappa shape index (κ3) is 2.53. The third-order valence-corrected chi connectivity index (χ3v) is 5.76. The molecule has 1 atom stereocenters. The fourth-order valence-corrected chi connectivity index (χ4v) is 4.78. The van der Waals surface area contributed by atoms with Crippen molar-refractivity contribution in [1.29, 1.82) is 0 Å². The van der Waals surface area contributed by atoms with Crippen LogP contribution in [-0.2, 0) is 0 Å². The molecule has 0 aliphatic rings. The summed E-state index contributed by atoms with van der Waals surface area (Å²) in [6.45, 7) is 7.52. The van der Waals surface area contributed by atoms with Gasteiger partial charge in [-0.2, -0.15) is 0 Å². The molecule has 3 rings (SSSR count). The standard InChI is InChI=1S/C17H19NS2/c1-4-18-17(13-9-11(2)5-6-12(13)3)16-10-15-14(20-16)7-8-19-15/h5-10,17-18H,4H2,1-3H3. The van der Waals surface area contributed by atoms with Crippen molar-refractivity contribution < 1.29 is 0 Å². The first-order chi connectivity index (χ1) is 9.69.